The van der Waals surface area contributed by atoms with Gasteiger partial charge in [0.05, 0.1) is 29.5 Å². The van der Waals surface area contributed by atoms with Gasteiger partial charge in [0.1, 0.15) is 12.4 Å². The van der Waals surface area contributed by atoms with Crippen LogP contribution in [0.3, 0.4) is 0 Å². The number of aliphatic imine (C=N–C) groups is 1. The van der Waals surface area contributed by atoms with E-state index in [0.717, 1.165) is 43.5 Å². The molecule has 0 radical (unpaired) electrons. The first-order valence-corrected chi connectivity index (χ1v) is 15.7. The van der Waals surface area contributed by atoms with E-state index in [1.807, 2.05) is 36.9 Å². The van der Waals surface area contributed by atoms with E-state index < -0.39 is 36.6 Å². The fourth-order valence-electron chi connectivity index (χ4n) is 6.12. The Kier molecular flexibility index (Phi) is 9.44. The number of amidine groups is 1. The van der Waals surface area contributed by atoms with Gasteiger partial charge in [0.2, 0.25) is 0 Å². The Balaban J connectivity index is 1.34. The SMILES string of the molecule is Cc1cc(C(=O)N2CCCCC2)ccc1COc1ccc(C#N)cc1C1N=C(N2CCC(C(=O)O)C(C(F)(F)F)C2)SC1C. The number of benzene rings is 2. The van der Waals surface area contributed by atoms with Crippen LogP contribution in [0.5, 0.6) is 5.75 Å². The minimum absolute atomic E-state index is 0.0322. The molecular formula is C32H35F3N4O4S. The summed E-state index contributed by atoms with van der Waals surface area (Å²) in [5, 5.41) is 19.2. The van der Waals surface area contributed by atoms with Gasteiger partial charge in [0.15, 0.2) is 5.17 Å². The standard InChI is InChI=1S/C32H35F3N4O4S/c1-19-14-22(29(40)38-11-4-3-5-12-38)7-8-23(19)18-43-27-9-6-21(16-36)15-25(27)28-20(2)44-31(37-28)39-13-10-24(30(41)42)26(17-39)32(33,34)35/h6-9,14-15,20,24,26,28H,3-5,10-13,17-18H2,1-2H3,(H,41,42). The number of carboxylic acids is 1. The number of likely N-dealkylation sites (tertiary alicyclic amines) is 2. The molecule has 0 saturated carbocycles. The highest BCUT2D eigenvalue weighted by molar-refractivity contribution is 8.14. The van der Waals surface area contributed by atoms with Gasteiger partial charge in [0.25, 0.3) is 5.91 Å². The van der Waals surface area contributed by atoms with Crippen molar-refractivity contribution in [2.24, 2.45) is 16.8 Å². The summed E-state index contributed by atoms with van der Waals surface area (Å²) < 4.78 is 47.5. The third kappa shape index (κ3) is 6.83. The van der Waals surface area contributed by atoms with Crippen molar-refractivity contribution in [1.29, 1.82) is 5.26 Å². The summed E-state index contributed by atoms with van der Waals surface area (Å²) in [7, 11) is 0. The summed E-state index contributed by atoms with van der Waals surface area (Å²) >= 11 is 1.34. The van der Waals surface area contributed by atoms with Gasteiger partial charge in [0, 0.05) is 42.6 Å². The number of rotatable bonds is 6. The lowest BCUT2D eigenvalue weighted by Crippen LogP contribution is -2.50. The van der Waals surface area contributed by atoms with Crippen LogP contribution in [0.1, 0.15) is 71.3 Å². The average molecular weight is 629 g/mol. The minimum atomic E-state index is -4.64. The molecule has 1 N–H and O–H groups in total. The van der Waals surface area contributed by atoms with E-state index in [9.17, 15) is 33.1 Å². The molecule has 44 heavy (non-hydrogen) atoms. The summed E-state index contributed by atoms with van der Waals surface area (Å²) in [6.07, 6.45) is -1.59. The van der Waals surface area contributed by atoms with Crippen molar-refractivity contribution >= 4 is 28.8 Å². The van der Waals surface area contributed by atoms with Crippen LogP contribution >= 0.6 is 11.8 Å². The Hall–Kier alpha value is -3.72. The summed E-state index contributed by atoms with van der Waals surface area (Å²) in [6.45, 7) is 5.30. The van der Waals surface area contributed by atoms with Crippen LogP contribution in [0.2, 0.25) is 0 Å². The number of nitriles is 1. The normalized spacial score (nSPS) is 24.0. The third-order valence-electron chi connectivity index (χ3n) is 8.68. The quantitative estimate of drug-likeness (QED) is 0.407. The van der Waals surface area contributed by atoms with Gasteiger partial charge in [-0.3, -0.25) is 14.6 Å². The summed E-state index contributed by atoms with van der Waals surface area (Å²) in [5.41, 5.74) is 3.52. The molecule has 2 saturated heterocycles. The van der Waals surface area contributed by atoms with Crippen molar-refractivity contribution < 1.29 is 32.6 Å². The molecule has 12 heteroatoms. The number of amides is 1. The lowest BCUT2D eigenvalue weighted by atomic mass is 9.85. The number of alkyl halides is 3. The van der Waals surface area contributed by atoms with Crippen LogP contribution in [-0.4, -0.2) is 69.6 Å². The fraction of sp³-hybridized carbons (Fsp3) is 0.500. The third-order valence-corrected chi connectivity index (χ3v) is 9.88. The Morgan fingerprint density at radius 3 is 2.55 bits per heavy atom. The Morgan fingerprint density at radius 2 is 1.89 bits per heavy atom. The number of nitrogens with zero attached hydrogens (tertiary/aromatic N) is 4. The number of thioether (sulfide) groups is 1. The van der Waals surface area contributed by atoms with Crippen molar-refractivity contribution in [3.63, 3.8) is 0 Å². The number of aliphatic carboxylic acids is 1. The van der Waals surface area contributed by atoms with E-state index >= 15 is 0 Å². The topological polar surface area (TPSA) is 106 Å². The van der Waals surface area contributed by atoms with Crippen molar-refractivity contribution in [1.82, 2.24) is 9.80 Å². The van der Waals surface area contributed by atoms with Crippen LogP contribution in [0.15, 0.2) is 41.4 Å². The van der Waals surface area contributed by atoms with E-state index in [2.05, 4.69) is 6.07 Å². The van der Waals surface area contributed by atoms with Crippen molar-refractivity contribution in [3.05, 3.63) is 64.2 Å². The molecular weight excluding hydrogens is 593 g/mol. The molecule has 1 amide bonds. The highest BCUT2D eigenvalue weighted by Gasteiger charge is 2.51. The average Bonchev–Trinajstić information content (AvgIpc) is 3.40. The molecule has 2 aromatic rings. The van der Waals surface area contributed by atoms with Gasteiger partial charge in [-0.15, -0.1) is 0 Å². The molecule has 3 aliphatic rings. The van der Waals surface area contributed by atoms with Gasteiger partial charge in [-0.05, 0) is 74.1 Å². The maximum atomic E-state index is 13.8. The number of aryl methyl sites for hydroxylation is 1. The van der Waals surface area contributed by atoms with Gasteiger partial charge >= 0.3 is 12.1 Å². The molecule has 2 fully saturated rings. The largest absolute Gasteiger partial charge is 0.489 e. The molecule has 3 heterocycles. The first-order chi connectivity index (χ1) is 21.0. The predicted molar refractivity (Wildman–Crippen MR) is 161 cm³/mol. The van der Waals surface area contributed by atoms with Crippen molar-refractivity contribution in [3.8, 4) is 11.8 Å². The number of ether oxygens (including phenoxy) is 1. The lowest BCUT2D eigenvalue weighted by Gasteiger charge is -2.38. The Labute approximate surface area is 258 Å². The van der Waals surface area contributed by atoms with E-state index in [1.165, 1.54) is 16.7 Å². The van der Waals surface area contributed by atoms with Gasteiger partial charge in [-0.1, -0.05) is 24.8 Å². The highest BCUT2D eigenvalue weighted by Crippen LogP contribution is 2.45. The van der Waals surface area contributed by atoms with Crippen LogP contribution in [0.4, 0.5) is 13.2 Å². The molecule has 8 nitrogen and oxygen atoms in total. The van der Waals surface area contributed by atoms with Crippen molar-refractivity contribution in [2.75, 3.05) is 26.2 Å². The van der Waals surface area contributed by atoms with Gasteiger partial charge in [-0.25, -0.2) is 0 Å². The number of halogens is 3. The first-order valence-electron chi connectivity index (χ1n) is 14.8. The molecule has 4 unspecified atom stereocenters. The minimum Gasteiger partial charge on any atom is -0.489 e. The Morgan fingerprint density at radius 1 is 1.14 bits per heavy atom. The number of piperidine rings is 2. The molecule has 2 aromatic carbocycles. The first kappa shape index (κ1) is 31.7. The number of carboxylic acid groups (broad SMARTS) is 1. The molecule has 0 aromatic heterocycles. The fourth-order valence-corrected chi connectivity index (χ4v) is 7.28. The second-order valence-corrected chi connectivity index (χ2v) is 13.0. The van der Waals surface area contributed by atoms with Crippen LogP contribution < -0.4 is 4.74 Å². The summed E-state index contributed by atoms with van der Waals surface area (Å²) in [5.74, 6) is -4.37. The zero-order valence-electron chi connectivity index (χ0n) is 24.6. The Bertz CT molecular complexity index is 1480. The molecule has 0 spiro atoms. The molecule has 234 valence electrons. The van der Waals surface area contributed by atoms with Crippen molar-refractivity contribution in [2.45, 2.75) is 63.6 Å². The van der Waals surface area contributed by atoms with E-state index in [-0.39, 0.29) is 30.7 Å². The molecule has 4 atom stereocenters. The maximum Gasteiger partial charge on any atom is 0.394 e. The van der Waals surface area contributed by atoms with Gasteiger partial charge in [-0.2, -0.15) is 18.4 Å². The molecule has 0 bridgehead atoms. The number of carbonyl (C=O) groups is 2. The second-order valence-electron chi connectivity index (χ2n) is 11.7. The monoisotopic (exact) mass is 628 g/mol. The van der Waals surface area contributed by atoms with Crippen LogP contribution in [-0.2, 0) is 11.4 Å². The van der Waals surface area contributed by atoms with E-state index in [0.29, 0.717) is 27.6 Å². The zero-order valence-corrected chi connectivity index (χ0v) is 25.5. The molecule has 3 aliphatic heterocycles. The lowest BCUT2D eigenvalue weighted by molar-refractivity contribution is -0.204. The molecule has 5 rings (SSSR count). The number of hydrogen-bond donors (Lipinski definition) is 1. The number of carbonyl (C=O) groups excluding carboxylic acids is 1. The van der Waals surface area contributed by atoms with Crippen LogP contribution in [0.25, 0.3) is 0 Å². The maximum absolute atomic E-state index is 13.8. The molecule has 0 aliphatic carbocycles. The van der Waals surface area contributed by atoms with Gasteiger partial charge < -0.3 is 19.6 Å². The second kappa shape index (κ2) is 13.1. The van der Waals surface area contributed by atoms with Crippen LogP contribution in [0, 0.1) is 30.1 Å². The highest BCUT2D eigenvalue weighted by atomic mass is 32.2. The summed E-state index contributed by atoms with van der Waals surface area (Å²) in [6, 6.07) is 12.3. The van der Waals surface area contributed by atoms with E-state index in [4.69, 9.17) is 9.73 Å². The van der Waals surface area contributed by atoms with E-state index in [1.54, 1.807) is 18.2 Å². The zero-order chi connectivity index (χ0) is 31.6. The smallest absolute Gasteiger partial charge is 0.394 e. The predicted octanol–water partition coefficient (Wildman–Crippen LogP) is 6.19. The summed E-state index contributed by atoms with van der Waals surface area (Å²) in [4.78, 5) is 32.7. The number of hydrogen-bond acceptors (Lipinski definition) is 7.